The predicted octanol–water partition coefficient (Wildman–Crippen LogP) is 21.9. The van der Waals surface area contributed by atoms with Gasteiger partial charge >= 0.3 is 39.5 Å². The Kier molecular flexibility index (Phi) is 65.5. The number of aliphatic hydroxyl groups is 1. The first kappa shape index (κ1) is 92.1. The lowest BCUT2D eigenvalue weighted by Gasteiger charge is -2.21. The number of ether oxygens (including phenoxy) is 4. The molecule has 5 atom stereocenters. The summed E-state index contributed by atoms with van der Waals surface area (Å²) in [5.41, 5.74) is 0. The van der Waals surface area contributed by atoms with Crippen LogP contribution in [0.3, 0.4) is 0 Å². The second-order valence-corrected chi connectivity index (χ2v) is 30.9. The number of aliphatic hydroxyl groups excluding tert-OH is 1. The summed E-state index contributed by atoms with van der Waals surface area (Å²) in [5.74, 6) is -0.548. The Labute approximate surface area is 575 Å². The van der Waals surface area contributed by atoms with Crippen LogP contribution < -0.4 is 0 Å². The summed E-state index contributed by atoms with van der Waals surface area (Å²) >= 11 is 0. The zero-order valence-corrected chi connectivity index (χ0v) is 63.1. The van der Waals surface area contributed by atoms with Gasteiger partial charge in [0.2, 0.25) is 0 Å². The Morgan fingerprint density at radius 1 is 0.287 bits per heavy atom. The van der Waals surface area contributed by atoms with Crippen molar-refractivity contribution in [2.45, 2.75) is 407 Å². The Balaban J connectivity index is 5.22. The molecule has 0 aromatic carbocycles. The number of unbranched alkanes of at least 4 members (excludes halogenated alkanes) is 44. The molecule has 0 amide bonds. The molecule has 0 rings (SSSR count). The molecule has 3 N–H and O–H groups in total. The maximum Gasteiger partial charge on any atom is 0.472 e. The molecular formula is C75H146O17P2. The summed E-state index contributed by atoms with van der Waals surface area (Å²) in [5, 5.41) is 10.6. The van der Waals surface area contributed by atoms with Gasteiger partial charge in [-0.25, -0.2) is 9.13 Å². The topological polar surface area (TPSA) is 237 Å². The summed E-state index contributed by atoms with van der Waals surface area (Å²) in [6.07, 6.45) is 54.0. The molecule has 0 spiro atoms. The van der Waals surface area contributed by atoms with Crippen molar-refractivity contribution in [3.63, 3.8) is 0 Å². The molecule has 0 aliphatic carbocycles. The van der Waals surface area contributed by atoms with E-state index in [9.17, 15) is 43.2 Å². The minimum Gasteiger partial charge on any atom is -0.462 e. The van der Waals surface area contributed by atoms with Crippen molar-refractivity contribution in [2.75, 3.05) is 39.6 Å². The van der Waals surface area contributed by atoms with E-state index >= 15 is 0 Å². The summed E-state index contributed by atoms with van der Waals surface area (Å²) in [4.78, 5) is 72.7. The van der Waals surface area contributed by atoms with Gasteiger partial charge in [-0.2, -0.15) is 0 Å². The Hall–Kier alpha value is -1.94. The lowest BCUT2D eigenvalue weighted by molar-refractivity contribution is -0.161. The van der Waals surface area contributed by atoms with Gasteiger partial charge in [0.25, 0.3) is 0 Å². The van der Waals surface area contributed by atoms with E-state index in [2.05, 4.69) is 41.5 Å². The SMILES string of the molecule is CCCCCCCCCCCCCC(=O)OC[C@H](COP(=O)(O)OC[C@H](O)COP(=O)(O)OC[C@@H](COC(=O)CCCCCCCCCCCCC(C)C)OC(=O)CCCCCCCCCCCCCCCCCCC(C)C)OC(=O)CCCCCCCCCCCCC. The van der Waals surface area contributed by atoms with Crippen molar-refractivity contribution < 1.29 is 80.2 Å². The van der Waals surface area contributed by atoms with Crippen LogP contribution in [0.25, 0.3) is 0 Å². The van der Waals surface area contributed by atoms with Gasteiger partial charge in [-0.1, -0.05) is 337 Å². The molecule has 0 saturated carbocycles. The first-order valence-electron chi connectivity index (χ1n) is 39.0. The standard InChI is InChI=1S/C75H146O17P2/c1-7-9-11-13-15-17-25-33-39-45-51-57-72(77)85-63-70(91-74(79)59-53-47-41-35-26-18-16-14-12-10-8-2)65-89-93(81,82)87-61-69(76)62-88-94(83,84)90-66-71(64-86-73(78)58-52-46-40-34-30-29-32-38-44-50-56-68(5)6)92-75(80)60-54-48-42-36-28-24-22-20-19-21-23-27-31-37-43-49-55-67(3)4/h67-71,76H,7-66H2,1-6H3,(H,81,82)(H,83,84)/t69-,70+,71+/m0/s1. The summed E-state index contributed by atoms with van der Waals surface area (Å²) < 4.78 is 68.5. The van der Waals surface area contributed by atoms with Crippen LogP contribution in [0, 0.1) is 11.8 Å². The highest BCUT2D eigenvalue weighted by Crippen LogP contribution is 2.45. The van der Waals surface area contributed by atoms with Crippen molar-refractivity contribution in [2.24, 2.45) is 11.8 Å². The van der Waals surface area contributed by atoms with Crippen LogP contribution in [-0.4, -0.2) is 96.7 Å². The van der Waals surface area contributed by atoms with Crippen LogP contribution in [0.5, 0.6) is 0 Å². The number of carbonyl (C=O) groups excluding carboxylic acids is 4. The van der Waals surface area contributed by atoms with Crippen molar-refractivity contribution in [3.05, 3.63) is 0 Å². The molecular weight excluding hydrogens is 1230 g/mol. The smallest absolute Gasteiger partial charge is 0.462 e. The van der Waals surface area contributed by atoms with Crippen LogP contribution >= 0.6 is 15.6 Å². The monoisotopic (exact) mass is 1380 g/mol. The second kappa shape index (κ2) is 66.9. The number of hydrogen-bond acceptors (Lipinski definition) is 15. The third-order valence-corrected chi connectivity index (χ3v) is 19.4. The largest absolute Gasteiger partial charge is 0.472 e. The van der Waals surface area contributed by atoms with E-state index in [0.717, 1.165) is 102 Å². The van der Waals surface area contributed by atoms with Crippen LogP contribution in [0.2, 0.25) is 0 Å². The van der Waals surface area contributed by atoms with E-state index in [-0.39, 0.29) is 25.7 Å². The van der Waals surface area contributed by atoms with Crippen LogP contribution in [0.4, 0.5) is 0 Å². The molecule has 0 saturated heterocycles. The number of esters is 4. The lowest BCUT2D eigenvalue weighted by Crippen LogP contribution is -2.30. The zero-order chi connectivity index (χ0) is 69.3. The molecule has 0 aromatic heterocycles. The lowest BCUT2D eigenvalue weighted by atomic mass is 10.0. The van der Waals surface area contributed by atoms with E-state index in [0.29, 0.717) is 25.7 Å². The third kappa shape index (κ3) is 68.6. The van der Waals surface area contributed by atoms with Crippen molar-refractivity contribution >= 4 is 39.5 Å². The number of hydrogen-bond donors (Lipinski definition) is 3. The molecule has 2 unspecified atom stereocenters. The first-order valence-corrected chi connectivity index (χ1v) is 42.0. The van der Waals surface area contributed by atoms with Gasteiger partial charge < -0.3 is 33.8 Å². The third-order valence-electron chi connectivity index (χ3n) is 17.5. The molecule has 0 bridgehead atoms. The Bertz CT molecular complexity index is 1820. The predicted molar refractivity (Wildman–Crippen MR) is 381 cm³/mol. The molecule has 94 heavy (non-hydrogen) atoms. The van der Waals surface area contributed by atoms with Crippen LogP contribution in [0.15, 0.2) is 0 Å². The molecule has 19 heteroatoms. The average Bonchev–Trinajstić information content (AvgIpc) is 1.41. The molecule has 0 heterocycles. The zero-order valence-electron chi connectivity index (χ0n) is 61.3. The fourth-order valence-electron chi connectivity index (χ4n) is 11.5. The fraction of sp³-hybridized carbons (Fsp3) is 0.947. The van der Waals surface area contributed by atoms with E-state index in [1.54, 1.807) is 0 Å². The minimum atomic E-state index is -4.96. The fourth-order valence-corrected chi connectivity index (χ4v) is 13.1. The van der Waals surface area contributed by atoms with Crippen molar-refractivity contribution in [1.82, 2.24) is 0 Å². The second-order valence-electron chi connectivity index (χ2n) is 28.0. The Morgan fingerprint density at radius 2 is 0.489 bits per heavy atom. The maximum atomic E-state index is 13.1. The highest BCUT2D eigenvalue weighted by atomic mass is 31.2. The van der Waals surface area contributed by atoms with Gasteiger partial charge in [-0.3, -0.25) is 37.3 Å². The molecule has 0 fully saturated rings. The summed E-state index contributed by atoms with van der Waals surface area (Å²) in [6, 6.07) is 0. The maximum absolute atomic E-state index is 13.1. The van der Waals surface area contributed by atoms with Crippen molar-refractivity contribution in [3.8, 4) is 0 Å². The molecule has 558 valence electrons. The van der Waals surface area contributed by atoms with Gasteiger partial charge in [0.15, 0.2) is 12.2 Å². The summed E-state index contributed by atoms with van der Waals surface area (Å²) in [6.45, 7) is 9.61. The van der Waals surface area contributed by atoms with Crippen molar-refractivity contribution in [1.29, 1.82) is 0 Å². The normalized spacial score (nSPS) is 14.0. The molecule has 0 aliphatic rings. The number of phosphoric acid groups is 2. The van der Waals surface area contributed by atoms with E-state index in [1.165, 1.54) is 205 Å². The molecule has 0 radical (unpaired) electrons. The molecule has 0 aliphatic heterocycles. The van der Waals surface area contributed by atoms with E-state index < -0.39 is 97.5 Å². The molecule has 0 aromatic rings. The summed E-state index contributed by atoms with van der Waals surface area (Å²) in [7, 11) is -9.91. The quantitative estimate of drug-likeness (QED) is 0.0222. The average molecular weight is 1380 g/mol. The van der Waals surface area contributed by atoms with Crippen LogP contribution in [0.1, 0.15) is 388 Å². The number of phosphoric ester groups is 2. The van der Waals surface area contributed by atoms with Gasteiger partial charge in [0, 0.05) is 25.7 Å². The highest BCUT2D eigenvalue weighted by molar-refractivity contribution is 7.47. The first-order chi connectivity index (χ1) is 45.4. The minimum absolute atomic E-state index is 0.107. The highest BCUT2D eigenvalue weighted by Gasteiger charge is 2.30. The number of carbonyl (C=O) groups is 4. The van der Waals surface area contributed by atoms with Gasteiger partial charge in [0.05, 0.1) is 26.4 Å². The van der Waals surface area contributed by atoms with Gasteiger partial charge in [0.1, 0.15) is 19.3 Å². The van der Waals surface area contributed by atoms with Gasteiger partial charge in [-0.05, 0) is 37.5 Å². The Morgan fingerprint density at radius 3 is 0.723 bits per heavy atom. The van der Waals surface area contributed by atoms with E-state index in [4.69, 9.17) is 37.0 Å². The number of rotatable bonds is 74. The van der Waals surface area contributed by atoms with Crippen LogP contribution in [-0.2, 0) is 65.4 Å². The van der Waals surface area contributed by atoms with E-state index in [1.807, 2.05) is 0 Å². The van der Waals surface area contributed by atoms with Gasteiger partial charge in [-0.15, -0.1) is 0 Å². The molecule has 17 nitrogen and oxygen atoms in total.